The predicted octanol–water partition coefficient (Wildman–Crippen LogP) is 3.75. The van der Waals surface area contributed by atoms with E-state index in [9.17, 15) is 4.79 Å². The van der Waals surface area contributed by atoms with Crippen molar-refractivity contribution in [1.82, 2.24) is 0 Å². The predicted molar refractivity (Wildman–Crippen MR) is 97.5 cm³/mol. The van der Waals surface area contributed by atoms with Gasteiger partial charge in [-0.3, -0.25) is 4.79 Å². The number of anilines is 1. The number of nitrogens with two attached hydrogens (primary N) is 1. The van der Waals surface area contributed by atoms with Gasteiger partial charge in [-0.2, -0.15) is 0 Å². The second kappa shape index (κ2) is 8.34. The summed E-state index contributed by atoms with van der Waals surface area (Å²) in [5.41, 5.74) is 7.79. The van der Waals surface area contributed by atoms with Crippen LogP contribution < -0.4 is 11.1 Å². The van der Waals surface area contributed by atoms with Gasteiger partial charge in [-0.25, -0.2) is 0 Å². The maximum absolute atomic E-state index is 12.3. The van der Waals surface area contributed by atoms with E-state index in [0.29, 0.717) is 23.9 Å². The lowest BCUT2D eigenvalue weighted by molar-refractivity contribution is -0.119. The Morgan fingerprint density at radius 3 is 2.48 bits per heavy atom. The normalized spacial score (nSPS) is 17.3. The zero-order valence-corrected chi connectivity index (χ0v) is 15.5. The average Bonchev–Trinajstić information content (AvgIpc) is 2.46. The first-order valence-electron chi connectivity index (χ1n) is 7.73. The highest BCUT2D eigenvalue weighted by atomic mass is 35.5. The summed E-state index contributed by atoms with van der Waals surface area (Å²) in [6.07, 6.45) is 1.66. The van der Waals surface area contributed by atoms with Gasteiger partial charge in [0.1, 0.15) is 0 Å². The van der Waals surface area contributed by atoms with Gasteiger partial charge in [0.2, 0.25) is 5.91 Å². The summed E-state index contributed by atoms with van der Waals surface area (Å²) in [5, 5.41) is 3.53. The van der Waals surface area contributed by atoms with Gasteiger partial charge in [0.05, 0.1) is 6.04 Å². The Balaban J connectivity index is 0.00000264. The van der Waals surface area contributed by atoms with Crippen molar-refractivity contribution in [2.75, 3.05) is 18.5 Å². The summed E-state index contributed by atoms with van der Waals surface area (Å²) in [6.45, 7) is 7.67. The van der Waals surface area contributed by atoms with E-state index in [0.717, 1.165) is 18.4 Å². The van der Waals surface area contributed by atoms with Gasteiger partial charge in [0.25, 0.3) is 0 Å². The summed E-state index contributed by atoms with van der Waals surface area (Å²) < 4.78 is 5.30. The Kier molecular flexibility index (Phi) is 7.33. The quantitative estimate of drug-likeness (QED) is 0.862. The van der Waals surface area contributed by atoms with E-state index >= 15 is 0 Å². The van der Waals surface area contributed by atoms with Gasteiger partial charge < -0.3 is 15.8 Å². The molecule has 1 amide bonds. The lowest BCUT2D eigenvalue weighted by Gasteiger charge is -2.27. The fourth-order valence-electron chi connectivity index (χ4n) is 2.72. The monoisotopic (exact) mass is 360 g/mol. The van der Waals surface area contributed by atoms with E-state index in [1.165, 1.54) is 0 Å². The summed E-state index contributed by atoms with van der Waals surface area (Å²) >= 11 is 6.33. The van der Waals surface area contributed by atoms with E-state index in [2.05, 4.69) is 26.1 Å². The highest BCUT2D eigenvalue weighted by Crippen LogP contribution is 2.31. The molecule has 0 aliphatic carbocycles. The molecule has 0 bridgehead atoms. The zero-order valence-electron chi connectivity index (χ0n) is 13.9. The molecule has 1 aliphatic heterocycles. The summed E-state index contributed by atoms with van der Waals surface area (Å²) in [6, 6.07) is 5.11. The minimum Gasteiger partial charge on any atom is -0.381 e. The van der Waals surface area contributed by atoms with E-state index in [-0.39, 0.29) is 29.6 Å². The molecule has 1 saturated heterocycles. The molecule has 0 aromatic heterocycles. The highest BCUT2D eigenvalue weighted by molar-refractivity contribution is 6.31. The number of hydrogen-bond donors (Lipinski definition) is 2. The summed E-state index contributed by atoms with van der Waals surface area (Å²) in [7, 11) is 0. The van der Waals surface area contributed by atoms with Crippen LogP contribution in [-0.4, -0.2) is 25.2 Å². The number of carbonyl (C=O) groups excluding carboxylic acids is 1. The van der Waals surface area contributed by atoms with Crippen molar-refractivity contribution in [1.29, 1.82) is 0 Å². The van der Waals surface area contributed by atoms with E-state index in [4.69, 9.17) is 22.1 Å². The number of ether oxygens (including phenoxy) is 1. The number of benzene rings is 1. The van der Waals surface area contributed by atoms with Crippen LogP contribution in [0.3, 0.4) is 0 Å². The maximum Gasteiger partial charge on any atom is 0.241 e. The Morgan fingerprint density at radius 2 is 1.96 bits per heavy atom. The van der Waals surface area contributed by atoms with Crippen molar-refractivity contribution >= 4 is 35.6 Å². The largest absolute Gasteiger partial charge is 0.381 e. The number of amides is 1. The highest BCUT2D eigenvalue weighted by Gasteiger charge is 2.27. The number of rotatable bonds is 3. The van der Waals surface area contributed by atoms with Crippen LogP contribution in [0.4, 0.5) is 5.69 Å². The third-order valence-electron chi connectivity index (χ3n) is 4.12. The number of nitrogens with one attached hydrogen (secondary N) is 1. The van der Waals surface area contributed by atoms with Gasteiger partial charge in [-0.05, 0) is 41.9 Å². The summed E-state index contributed by atoms with van der Waals surface area (Å²) in [4.78, 5) is 12.3. The van der Waals surface area contributed by atoms with E-state index in [1.54, 1.807) is 6.07 Å². The Hall–Kier alpha value is -0.810. The molecular weight excluding hydrogens is 335 g/mol. The first kappa shape index (κ1) is 20.2. The summed E-state index contributed by atoms with van der Waals surface area (Å²) in [5.74, 6) is 0.0181. The van der Waals surface area contributed by atoms with Crippen molar-refractivity contribution in [3.8, 4) is 0 Å². The van der Waals surface area contributed by atoms with Gasteiger partial charge in [0.15, 0.2) is 0 Å². The lowest BCUT2D eigenvalue weighted by atomic mass is 9.87. The molecule has 1 aromatic carbocycles. The van der Waals surface area contributed by atoms with E-state index < -0.39 is 6.04 Å². The van der Waals surface area contributed by atoms with Crippen LogP contribution in [0.1, 0.15) is 39.2 Å². The second-order valence-corrected chi connectivity index (χ2v) is 7.32. The fraction of sp³-hybridized carbons (Fsp3) is 0.588. The van der Waals surface area contributed by atoms with Crippen molar-refractivity contribution in [3.05, 3.63) is 28.8 Å². The molecule has 3 N–H and O–H groups in total. The zero-order chi connectivity index (χ0) is 16.3. The van der Waals surface area contributed by atoms with Gasteiger partial charge in [0, 0.05) is 23.9 Å². The molecule has 0 radical (unpaired) electrons. The van der Waals surface area contributed by atoms with Crippen molar-refractivity contribution < 1.29 is 9.53 Å². The Labute approximate surface area is 149 Å². The molecule has 6 heteroatoms. The molecule has 23 heavy (non-hydrogen) atoms. The van der Waals surface area contributed by atoms with Crippen molar-refractivity contribution in [3.63, 3.8) is 0 Å². The molecule has 2 rings (SSSR count). The number of halogens is 2. The maximum atomic E-state index is 12.3. The SMILES string of the molecule is CC(C)(C)c1ccc(NC(=O)[C@H](N)C2CCOCC2)cc1Cl.Cl. The fourth-order valence-corrected chi connectivity index (χ4v) is 3.18. The Morgan fingerprint density at radius 1 is 1.35 bits per heavy atom. The third kappa shape index (κ3) is 5.35. The van der Waals surface area contributed by atoms with Crippen LogP contribution in [0.5, 0.6) is 0 Å². The first-order chi connectivity index (χ1) is 10.3. The molecule has 130 valence electrons. The van der Waals surface area contributed by atoms with E-state index in [1.807, 2.05) is 12.1 Å². The standard InChI is InChI=1S/C17H25ClN2O2.ClH/c1-17(2,3)13-5-4-12(10-14(13)18)20-16(21)15(19)11-6-8-22-9-7-11;/h4-5,10-11,15H,6-9,19H2,1-3H3,(H,20,21);1H/t15-;/m1./s1. The molecule has 4 nitrogen and oxygen atoms in total. The number of carbonyl (C=O) groups is 1. The Bertz CT molecular complexity index is 538. The van der Waals surface area contributed by atoms with Gasteiger partial charge >= 0.3 is 0 Å². The van der Waals surface area contributed by atoms with Crippen LogP contribution in [0, 0.1) is 5.92 Å². The molecule has 0 saturated carbocycles. The number of hydrogen-bond acceptors (Lipinski definition) is 3. The molecule has 1 aliphatic rings. The molecule has 1 fully saturated rings. The van der Waals surface area contributed by atoms with Crippen molar-refractivity contribution in [2.24, 2.45) is 11.7 Å². The molecule has 0 spiro atoms. The lowest BCUT2D eigenvalue weighted by Crippen LogP contribution is -2.44. The second-order valence-electron chi connectivity index (χ2n) is 6.91. The van der Waals surface area contributed by atoms with Gasteiger partial charge in [-0.15, -0.1) is 12.4 Å². The van der Waals surface area contributed by atoms with Crippen molar-refractivity contribution in [2.45, 2.75) is 45.1 Å². The van der Waals surface area contributed by atoms with Crippen LogP contribution in [0.15, 0.2) is 18.2 Å². The minimum atomic E-state index is -0.509. The van der Waals surface area contributed by atoms with Crippen LogP contribution >= 0.6 is 24.0 Å². The molecule has 1 heterocycles. The van der Waals surface area contributed by atoms with Crippen LogP contribution in [0.2, 0.25) is 5.02 Å². The molecular formula is C17H26Cl2N2O2. The smallest absolute Gasteiger partial charge is 0.241 e. The molecule has 0 unspecified atom stereocenters. The first-order valence-corrected chi connectivity index (χ1v) is 8.11. The van der Waals surface area contributed by atoms with Crippen LogP contribution in [0.25, 0.3) is 0 Å². The molecule has 1 atom stereocenters. The third-order valence-corrected chi connectivity index (χ3v) is 4.43. The average molecular weight is 361 g/mol. The topological polar surface area (TPSA) is 64.4 Å². The van der Waals surface area contributed by atoms with Gasteiger partial charge in [-0.1, -0.05) is 38.4 Å². The van der Waals surface area contributed by atoms with Crippen LogP contribution in [-0.2, 0) is 14.9 Å². The molecule has 1 aromatic rings. The minimum absolute atomic E-state index is 0.